The largest absolute Gasteiger partial charge is 0.472 e. The molecule has 0 radical (unpaired) electrons. The van der Waals surface area contributed by atoms with Gasteiger partial charge in [0, 0.05) is 36.5 Å². The Morgan fingerprint density at radius 3 is 2.73 bits per heavy atom. The van der Waals surface area contributed by atoms with Crippen molar-refractivity contribution >= 4 is 27.8 Å². The number of hydrogen-bond donors (Lipinski definition) is 0. The maximum Gasteiger partial charge on any atom is 0.245 e. The zero-order chi connectivity index (χ0) is 32.4. The molecule has 0 N–H and O–H groups in total. The number of aromatic nitrogens is 4. The van der Waals surface area contributed by atoms with Gasteiger partial charge in [-0.2, -0.15) is 5.26 Å². The maximum absolute atomic E-state index is 16.8. The van der Waals surface area contributed by atoms with E-state index >= 15 is 4.39 Å². The lowest BCUT2D eigenvalue weighted by Gasteiger charge is -2.38. The predicted molar refractivity (Wildman–Crippen MR) is 170 cm³/mol. The highest BCUT2D eigenvalue weighted by Crippen LogP contribution is 2.40. The Morgan fingerprint density at radius 2 is 2.02 bits per heavy atom. The summed E-state index contributed by atoms with van der Waals surface area (Å²) >= 11 is 0. The van der Waals surface area contributed by atoms with Crippen LogP contribution >= 0.6 is 0 Å². The Labute approximate surface area is 262 Å². The van der Waals surface area contributed by atoms with Crippen molar-refractivity contribution in [2.24, 2.45) is 0 Å². The number of likely N-dealkylation sites (tertiary alicyclic amines) is 1. The third-order valence-electron chi connectivity index (χ3n) is 8.68. The molecule has 5 rings (SSSR count). The molecule has 236 valence electrons. The minimum Gasteiger partial charge on any atom is -0.472 e. The molecule has 1 aliphatic heterocycles. The summed E-state index contributed by atoms with van der Waals surface area (Å²) in [5.74, 6) is -0.475. The molecular formula is C34H39F2N7O2. The number of nitriles is 1. The number of piperidine rings is 1. The van der Waals surface area contributed by atoms with Crippen LogP contribution < -0.4 is 4.74 Å². The molecule has 11 heteroatoms. The van der Waals surface area contributed by atoms with Gasteiger partial charge in [0.1, 0.15) is 17.1 Å². The first-order chi connectivity index (χ1) is 21.5. The van der Waals surface area contributed by atoms with Crippen molar-refractivity contribution in [1.82, 2.24) is 29.8 Å². The van der Waals surface area contributed by atoms with Crippen LogP contribution in [0.3, 0.4) is 0 Å². The van der Waals surface area contributed by atoms with E-state index in [0.29, 0.717) is 54.2 Å². The first-order valence-corrected chi connectivity index (χ1v) is 15.2. The second kappa shape index (κ2) is 13.3. The van der Waals surface area contributed by atoms with Crippen molar-refractivity contribution in [3.05, 3.63) is 59.2 Å². The minimum absolute atomic E-state index is 0.0706. The van der Waals surface area contributed by atoms with E-state index in [9.17, 15) is 14.4 Å². The minimum atomic E-state index is -0.442. The molecule has 45 heavy (non-hydrogen) atoms. The number of hydrogen-bond acceptors (Lipinski definition) is 7. The fraction of sp³-hybridized carbons (Fsp3) is 0.441. The second-order valence-corrected chi connectivity index (χ2v) is 12.2. The second-order valence-electron chi connectivity index (χ2n) is 12.2. The summed E-state index contributed by atoms with van der Waals surface area (Å²) in [4.78, 5) is 21.2. The summed E-state index contributed by atoms with van der Waals surface area (Å²) in [5.41, 5.74) is 5.30. The zero-order valence-corrected chi connectivity index (χ0v) is 26.6. The Balaban J connectivity index is 1.68. The first kappa shape index (κ1) is 32.0. The molecular weight excluding hydrogens is 576 g/mol. The highest BCUT2D eigenvalue weighted by Gasteiger charge is 2.34. The molecule has 0 saturated carbocycles. The maximum atomic E-state index is 16.8. The molecule has 0 spiro atoms. The van der Waals surface area contributed by atoms with Crippen LogP contribution in [0, 0.1) is 37.9 Å². The van der Waals surface area contributed by atoms with Gasteiger partial charge in [0.15, 0.2) is 11.3 Å². The molecule has 9 nitrogen and oxygen atoms in total. The Bertz CT molecular complexity index is 1810. The molecule has 2 aromatic carbocycles. The zero-order valence-electron chi connectivity index (χ0n) is 26.6. The number of carbonyl (C=O) groups is 1. The van der Waals surface area contributed by atoms with Gasteiger partial charge in [-0.15, -0.1) is 5.10 Å². The molecule has 3 atom stereocenters. The van der Waals surface area contributed by atoms with Crippen LogP contribution in [0.25, 0.3) is 33.1 Å². The predicted octanol–water partition coefficient (Wildman–Crippen LogP) is 6.36. The van der Waals surface area contributed by atoms with Crippen LogP contribution in [0.2, 0.25) is 0 Å². The fourth-order valence-electron chi connectivity index (χ4n) is 6.47. The van der Waals surface area contributed by atoms with Crippen LogP contribution in [0.15, 0.2) is 36.7 Å². The number of nitrogens with zero attached hydrogens (tertiary/aromatic N) is 7. The lowest BCUT2D eigenvalue weighted by Crippen LogP contribution is -2.46. The van der Waals surface area contributed by atoms with Crippen molar-refractivity contribution < 1.29 is 18.3 Å². The van der Waals surface area contributed by atoms with E-state index < -0.39 is 5.82 Å². The molecule has 1 amide bonds. The van der Waals surface area contributed by atoms with Crippen LogP contribution in [0.5, 0.6) is 5.88 Å². The molecule has 0 bridgehead atoms. The van der Waals surface area contributed by atoms with Gasteiger partial charge in [0.2, 0.25) is 11.8 Å². The molecule has 1 fully saturated rings. The molecule has 3 heterocycles. The lowest BCUT2D eigenvalue weighted by atomic mass is 9.92. The number of halogens is 2. The van der Waals surface area contributed by atoms with Crippen molar-refractivity contribution in [2.45, 2.75) is 71.6 Å². The topological polar surface area (TPSA) is 100 Å². The van der Waals surface area contributed by atoms with E-state index in [-0.39, 0.29) is 48.3 Å². The standard InChI is InChI=1S/C34H39F2N7O2/c1-20-9-7-10-26(23(20)4)29-21(2)17-27-31(30(29)36)38-34(45-22(3)19-41(5)6)32-33(27)43(40-39-32)25-13-16-42(24(18-25)12-15-37)28(44)11-8-14-35/h7-10,14,17,22,24-25H,11-13,16,18-19H2,1-6H3/b14-8+/t22-,24+,25-/m0/s1. The summed E-state index contributed by atoms with van der Waals surface area (Å²) in [6.07, 6.45) is 2.29. The van der Waals surface area contributed by atoms with Crippen LogP contribution in [-0.4, -0.2) is 75.0 Å². The summed E-state index contributed by atoms with van der Waals surface area (Å²) in [6, 6.07) is 9.37. The van der Waals surface area contributed by atoms with Crippen molar-refractivity contribution in [3.63, 3.8) is 0 Å². The average molecular weight is 616 g/mol. The van der Waals surface area contributed by atoms with Crippen molar-refractivity contribution in [3.8, 4) is 23.1 Å². The first-order valence-electron chi connectivity index (χ1n) is 15.2. The number of benzene rings is 2. The highest BCUT2D eigenvalue weighted by atomic mass is 19.1. The number of aryl methyl sites for hydroxylation is 2. The van der Waals surface area contributed by atoms with Gasteiger partial charge < -0.3 is 14.5 Å². The number of ether oxygens (including phenoxy) is 1. The van der Waals surface area contributed by atoms with Gasteiger partial charge in [0.05, 0.1) is 24.9 Å². The number of pyridine rings is 1. The van der Waals surface area contributed by atoms with E-state index in [1.807, 2.05) is 71.0 Å². The number of amides is 1. The van der Waals surface area contributed by atoms with Crippen LogP contribution in [0.4, 0.5) is 8.78 Å². The van der Waals surface area contributed by atoms with Gasteiger partial charge in [-0.1, -0.05) is 23.4 Å². The molecule has 1 aliphatic rings. The third kappa shape index (κ3) is 6.25. The van der Waals surface area contributed by atoms with Crippen molar-refractivity contribution in [2.75, 3.05) is 27.2 Å². The summed E-state index contributed by atoms with van der Waals surface area (Å²) in [5, 5.41) is 19.2. The van der Waals surface area contributed by atoms with Gasteiger partial charge in [0.25, 0.3) is 0 Å². The van der Waals surface area contributed by atoms with Gasteiger partial charge in [-0.05, 0) is 89.0 Å². The molecule has 0 aliphatic carbocycles. The Hall–Kier alpha value is -4.43. The van der Waals surface area contributed by atoms with E-state index in [4.69, 9.17) is 9.72 Å². The third-order valence-corrected chi connectivity index (χ3v) is 8.68. The lowest BCUT2D eigenvalue weighted by molar-refractivity contribution is -0.134. The average Bonchev–Trinajstić information content (AvgIpc) is 3.44. The SMILES string of the molecule is Cc1cccc(-c2c(C)cc3c(nc(O[C@@H](C)CN(C)C)c4nnn([C@H]5CCN(C(=O)C/C=C/F)[C@H](CC#N)C5)c43)c2F)c1C. The summed E-state index contributed by atoms with van der Waals surface area (Å²) < 4.78 is 37.5. The number of carbonyl (C=O) groups excluding carboxylic acids is 1. The molecule has 1 saturated heterocycles. The van der Waals surface area contributed by atoms with E-state index in [1.165, 1.54) is 6.08 Å². The van der Waals surface area contributed by atoms with Crippen LogP contribution in [0.1, 0.15) is 55.3 Å². The summed E-state index contributed by atoms with van der Waals surface area (Å²) in [6.45, 7) is 8.79. The Kier molecular flexibility index (Phi) is 9.44. The monoisotopic (exact) mass is 615 g/mol. The van der Waals surface area contributed by atoms with Gasteiger partial charge >= 0.3 is 0 Å². The van der Waals surface area contributed by atoms with Crippen molar-refractivity contribution in [1.29, 1.82) is 5.26 Å². The number of fused-ring (bicyclic) bond motifs is 3. The number of likely N-dealkylation sites (N-methyl/N-ethyl adjacent to an activating group) is 1. The fourth-order valence-corrected chi connectivity index (χ4v) is 6.47. The Morgan fingerprint density at radius 1 is 1.24 bits per heavy atom. The van der Waals surface area contributed by atoms with Crippen LogP contribution in [-0.2, 0) is 4.79 Å². The highest BCUT2D eigenvalue weighted by molar-refractivity contribution is 6.06. The van der Waals surface area contributed by atoms with Gasteiger partial charge in [-0.25, -0.2) is 18.4 Å². The summed E-state index contributed by atoms with van der Waals surface area (Å²) in [7, 11) is 3.89. The van der Waals surface area contributed by atoms with E-state index in [0.717, 1.165) is 22.3 Å². The molecule has 2 aromatic heterocycles. The molecule has 0 unspecified atom stereocenters. The van der Waals surface area contributed by atoms with Gasteiger partial charge in [-0.3, -0.25) is 4.79 Å². The number of rotatable bonds is 9. The van der Waals surface area contributed by atoms with E-state index in [1.54, 1.807) is 9.58 Å². The smallest absolute Gasteiger partial charge is 0.245 e. The van der Waals surface area contributed by atoms with E-state index in [2.05, 4.69) is 16.4 Å². The molecule has 4 aromatic rings. The quantitative estimate of drug-likeness (QED) is 0.216. The normalized spacial score (nSPS) is 17.8.